The summed E-state index contributed by atoms with van der Waals surface area (Å²) in [4.78, 5) is 15.8. The molecule has 2 N–H and O–H groups in total. The van der Waals surface area contributed by atoms with Gasteiger partial charge in [0.1, 0.15) is 6.10 Å². The second-order valence-electron chi connectivity index (χ2n) is 4.23. The first-order valence-corrected chi connectivity index (χ1v) is 5.84. The highest BCUT2D eigenvalue weighted by Gasteiger charge is 2.22. The molecule has 2 unspecified atom stereocenters. The van der Waals surface area contributed by atoms with Crippen LogP contribution in [0.5, 0.6) is 0 Å². The maximum absolute atomic E-state index is 11.8. The highest BCUT2D eigenvalue weighted by molar-refractivity contribution is 5.85. The van der Waals surface area contributed by atoms with Gasteiger partial charge in [-0.2, -0.15) is 0 Å². The molecule has 6 nitrogen and oxygen atoms in total. The number of carbonyl (C=O) groups is 1. The lowest BCUT2D eigenvalue weighted by molar-refractivity contribution is -0.134. The number of hydrogen-bond acceptors (Lipinski definition) is 4. The molecule has 0 aromatic carbocycles. The molecule has 1 aliphatic heterocycles. The number of amides is 1. The Morgan fingerprint density at radius 1 is 1.63 bits per heavy atom. The summed E-state index contributed by atoms with van der Waals surface area (Å²) < 4.78 is 7.32. The molecule has 0 aliphatic carbocycles. The van der Waals surface area contributed by atoms with Crippen LogP contribution in [-0.4, -0.2) is 47.3 Å². The molecular formula is C11H20Cl2N4O2. The van der Waals surface area contributed by atoms with E-state index in [1.54, 1.807) is 12.5 Å². The second-order valence-corrected chi connectivity index (χ2v) is 4.23. The molecule has 1 saturated heterocycles. The van der Waals surface area contributed by atoms with Crippen molar-refractivity contribution in [3.63, 3.8) is 0 Å². The molecule has 8 heteroatoms. The number of aromatic nitrogens is 2. The van der Waals surface area contributed by atoms with Gasteiger partial charge < -0.3 is 19.9 Å². The highest BCUT2D eigenvalue weighted by atomic mass is 35.5. The Labute approximate surface area is 125 Å². The summed E-state index contributed by atoms with van der Waals surface area (Å²) in [6.07, 6.45) is 4.97. The number of nitrogens with one attached hydrogen (secondary N) is 2. The molecule has 2 atom stereocenters. The van der Waals surface area contributed by atoms with E-state index < -0.39 is 0 Å². The smallest absolute Gasteiger partial charge is 0.250 e. The predicted octanol–water partition coefficient (Wildman–Crippen LogP) is 0.220. The number of halogens is 2. The van der Waals surface area contributed by atoms with E-state index >= 15 is 0 Å². The molecule has 0 spiro atoms. The Balaban J connectivity index is 0.00000162. The molecule has 0 bridgehead atoms. The standard InChI is InChI=1S/C11H18N4O2.2ClH/c1-9(7-15-4-2-13-8-15)14-11(16)10-6-12-3-5-17-10;;/h2,4,8-10,12H,3,5-7H2,1H3,(H,14,16);2*1H. The summed E-state index contributed by atoms with van der Waals surface area (Å²) in [6, 6.07) is 0.0576. The van der Waals surface area contributed by atoms with E-state index in [4.69, 9.17) is 4.74 Å². The van der Waals surface area contributed by atoms with Gasteiger partial charge in [-0.05, 0) is 6.92 Å². The summed E-state index contributed by atoms with van der Waals surface area (Å²) in [5, 5.41) is 6.07. The number of carbonyl (C=O) groups excluding carboxylic acids is 1. The van der Waals surface area contributed by atoms with Crippen molar-refractivity contribution >= 4 is 30.7 Å². The zero-order chi connectivity index (χ0) is 12.1. The molecule has 110 valence electrons. The van der Waals surface area contributed by atoms with Crippen LogP contribution >= 0.6 is 24.8 Å². The summed E-state index contributed by atoms with van der Waals surface area (Å²) in [5.41, 5.74) is 0. The molecule has 0 radical (unpaired) electrons. The zero-order valence-electron chi connectivity index (χ0n) is 10.7. The average molecular weight is 311 g/mol. The Morgan fingerprint density at radius 2 is 2.42 bits per heavy atom. The van der Waals surface area contributed by atoms with E-state index in [9.17, 15) is 4.79 Å². The Kier molecular flexibility index (Phi) is 8.75. The third-order valence-electron chi connectivity index (χ3n) is 2.65. The molecule has 1 aromatic rings. The molecule has 1 aliphatic rings. The van der Waals surface area contributed by atoms with Gasteiger partial charge in [-0.25, -0.2) is 4.98 Å². The minimum absolute atomic E-state index is 0. The summed E-state index contributed by atoms with van der Waals surface area (Å²) in [5.74, 6) is -0.0511. The van der Waals surface area contributed by atoms with E-state index in [0.29, 0.717) is 19.7 Å². The monoisotopic (exact) mass is 310 g/mol. The zero-order valence-corrected chi connectivity index (χ0v) is 12.4. The molecule has 19 heavy (non-hydrogen) atoms. The van der Waals surface area contributed by atoms with Crippen LogP contribution in [0.25, 0.3) is 0 Å². The maximum Gasteiger partial charge on any atom is 0.250 e. The molecule has 2 rings (SSSR count). The first-order chi connectivity index (χ1) is 8.25. The van der Waals surface area contributed by atoms with Crippen molar-refractivity contribution in [1.29, 1.82) is 0 Å². The van der Waals surface area contributed by atoms with E-state index in [1.807, 2.05) is 17.7 Å². The van der Waals surface area contributed by atoms with Gasteiger partial charge in [0.15, 0.2) is 0 Å². The van der Waals surface area contributed by atoms with Crippen LogP contribution < -0.4 is 10.6 Å². The average Bonchev–Trinajstić information content (AvgIpc) is 2.82. The van der Waals surface area contributed by atoms with E-state index in [0.717, 1.165) is 6.54 Å². The third-order valence-corrected chi connectivity index (χ3v) is 2.65. The van der Waals surface area contributed by atoms with Crippen LogP contribution in [0.2, 0.25) is 0 Å². The summed E-state index contributed by atoms with van der Waals surface area (Å²) >= 11 is 0. The van der Waals surface area contributed by atoms with Gasteiger partial charge in [0, 0.05) is 38.1 Å². The normalized spacial score (nSPS) is 19.7. The fraction of sp³-hybridized carbons (Fsp3) is 0.636. The van der Waals surface area contributed by atoms with E-state index in [1.165, 1.54) is 0 Å². The fourth-order valence-corrected chi connectivity index (χ4v) is 1.83. The number of morpholine rings is 1. The van der Waals surface area contributed by atoms with Gasteiger partial charge in [-0.15, -0.1) is 24.8 Å². The summed E-state index contributed by atoms with van der Waals surface area (Å²) in [6.45, 7) is 4.67. The first-order valence-electron chi connectivity index (χ1n) is 5.84. The van der Waals surface area contributed by atoms with Crippen molar-refractivity contribution in [3.8, 4) is 0 Å². The summed E-state index contributed by atoms with van der Waals surface area (Å²) in [7, 11) is 0. The number of imidazole rings is 1. The lowest BCUT2D eigenvalue weighted by Gasteiger charge is -2.24. The Morgan fingerprint density at radius 3 is 3.00 bits per heavy atom. The Bertz CT molecular complexity index is 356. The quantitative estimate of drug-likeness (QED) is 0.835. The van der Waals surface area contributed by atoms with E-state index in [-0.39, 0.29) is 42.9 Å². The molecular weight excluding hydrogens is 291 g/mol. The van der Waals surface area contributed by atoms with Crippen molar-refractivity contribution in [3.05, 3.63) is 18.7 Å². The van der Waals surface area contributed by atoms with Crippen molar-refractivity contribution in [2.45, 2.75) is 25.6 Å². The van der Waals surface area contributed by atoms with Crippen LogP contribution in [0.4, 0.5) is 0 Å². The molecule has 1 aromatic heterocycles. The highest BCUT2D eigenvalue weighted by Crippen LogP contribution is 1.98. The lowest BCUT2D eigenvalue weighted by Crippen LogP contribution is -2.50. The van der Waals surface area contributed by atoms with Crippen LogP contribution in [0.15, 0.2) is 18.7 Å². The SMILES string of the molecule is CC(Cn1ccnc1)NC(=O)C1CNCCO1.Cl.Cl. The Hall–Kier alpha value is -0.820. The van der Waals surface area contributed by atoms with Gasteiger partial charge in [-0.1, -0.05) is 0 Å². The minimum atomic E-state index is -0.367. The number of rotatable bonds is 4. The van der Waals surface area contributed by atoms with Crippen LogP contribution in [-0.2, 0) is 16.1 Å². The van der Waals surface area contributed by atoms with Gasteiger partial charge >= 0.3 is 0 Å². The van der Waals surface area contributed by atoms with E-state index in [2.05, 4.69) is 15.6 Å². The fourth-order valence-electron chi connectivity index (χ4n) is 1.83. The first kappa shape index (κ1) is 18.2. The van der Waals surface area contributed by atoms with Crippen molar-refractivity contribution in [1.82, 2.24) is 20.2 Å². The lowest BCUT2D eigenvalue weighted by atomic mass is 10.2. The number of hydrogen-bond donors (Lipinski definition) is 2. The van der Waals surface area contributed by atoms with Gasteiger partial charge in [0.2, 0.25) is 0 Å². The van der Waals surface area contributed by atoms with Crippen molar-refractivity contribution < 1.29 is 9.53 Å². The number of nitrogens with zero attached hydrogens (tertiary/aromatic N) is 2. The van der Waals surface area contributed by atoms with Crippen molar-refractivity contribution in [2.24, 2.45) is 0 Å². The topological polar surface area (TPSA) is 68.2 Å². The van der Waals surface area contributed by atoms with Crippen molar-refractivity contribution in [2.75, 3.05) is 19.7 Å². The maximum atomic E-state index is 11.8. The molecule has 0 saturated carbocycles. The number of ether oxygens (including phenoxy) is 1. The molecule has 2 heterocycles. The second kappa shape index (κ2) is 9.14. The molecule has 1 amide bonds. The van der Waals surface area contributed by atoms with Gasteiger partial charge in [0.05, 0.1) is 12.9 Å². The largest absolute Gasteiger partial charge is 0.366 e. The predicted molar refractivity (Wildman–Crippen MR) is 76.9 cm³/mol. The third kappa shape index (κ3) is 5.78. The van der Waals surface area contributed by atoms with Crippen LogP contribution in [0, 0.1) is 0 Å². The minimum Gasteiger partial charge on any atom is -0.366 e. The van der Waals surface area contributed by atoms with Crippen LogP contribution in [0.1, 0.15) is 6.92 Å². The van der Waals surface area contributed by atoms with Gasteiger partial charge in [0.25, 0.3) is 5.91 Å². The molecule has 1 fully saturated rings. The van der Waals surface area contributed by atoms with Gasteiger partial charge in [-0.3, -0.25) is 4.79 Å². The van der Waals surface area contributed by atoms with Crippen LogP contribution in [0.3, 0.4) is 0 Å².